The maximum Gasteiger partial charge on any atom is 0.221 e. The van der Waals surface area contributed by atoms with Gasteiger partial charge in [-0.15, -0.1) is 0 Å². The molecule has 0 aromatic carbocycles. The predicted molar refractivity (Wildman–Crippen MR) is 38.8 cm³/mol. The van der Waals surface area contributed by atoms with E-state index in [-0.39, 0.29) is 22.3 Å². The van der Waals surface area contributed by atoms with E-state index < -0.39 is 0 Å². The molecule has 2 nitrogen and oxygen atoms in total. The first-order valence-electron chi connectivity index (χ1n) is 3.12. The lowest BCUT2D eigenvalue weighted by Gasteiger charge is -1.95. The molecule has 10 heavy (non-hydrogen) atoms. The average molecular weight is 201 g/mol. The zero-order valence-corrected chi connectivity index (χ0v) is 6.67. The monoisotopic (exact) mass is 200 g/mol. The third kappa shape index (κ3) is 0.639. The van der Waals surface area contributed by atoms with Gasteiger partial charge in [-0.3, -0.25) is 9.59 Å². The second kappa shape index (κ2) is 1.78. The summed E-state index contributed by atoms with van der Waals surface area (Å²) in [5, 5.41) is 0. The first-order chi connectivity index (χ1) is 4.72. The SMILES string of the molecule is O=C1C=CC2C(Br)C2C1=O. The summed E-state index contributed by atoms with van der Waals surface area (Å²) in [6.07, 6.45) is 3.19. The molecule has 1 saturated carbocycles. The topological polar surface area (TPSA) is 34.1 Å². The minimum atomic E-state index is -0.344. The van der Waals surface area contributed by atoms with Crippen LogP contribution in [0.4, 0.5) is 0 Å². The van der Waals surface area contributed by atoms with E-state index in [1.807, 2.05) is 6.08 Å². The van der Waals surface area contributed by atoms with E-state index in [9.17, 15) is 9.59 Å². The number of hydrogen-bond donors (Lipinski definition) is 0. The van der Waals surface area contributed by atoms with Crippen molar-refractivity contribution in [3.8, 4) is 0 Å². The summed E-state index contributed by atoms with van der Waals surface area (Å²) in [6.45, 7) is 0. The summed E-state index contributed by atoms with van der Waals surface area (Å²) in [4.78, 5) is 21.9. The van der Waals surface area contributed by atoms with E-state index in [2.05, 4.69) is 15.9 Å². The molecule has 2 aliphatic rings. The Morgan fingerprint density at radius 3 is 2.70 bits per heavy atom. The van der Waals surface area contributed by atoms with Crippen LogP contribution in [0.5, 0.6) is 0 Å². The van der Waals surface area contributed by atoms with Crippen LogP contribution in [-0.2, 0) is 9.59 Å². The van der Waals surface area contributed by atoms with Crippen LogP contribution in [0, 0.1) is 11.8 Å². The Balaban J connectivity index is 2.33. The maximum absolute atomic E-state index is 10.9. The molecule has 1 fully saturated rings. The highest BCUT2D eigenvalue weighted by molar-refractivity contribution is 9.09. The largest absolute Gasteiger partial charge is 0.290 e. The number of ketones is 2. The molecule has 3 atom stereocenters. The molecule has 3 heteroatoms. The van der Waals surface area contributed by atoms with Crippen LogP contribution in [0.15, 0.2) is 12.2 Å². The lowest BCUT2D eigenvalue weighted by atomic mass is 10.1. The number of carbonyl (C=O) groups excluding carboxylic acids is 2. The molecule has 0 amide bonds. The number of rotatable bonds is 0. The van der Waals surface area contributed by atoms with E-state index in [0.29, 0.717) is 5.92 Å². The molecule has 0 aromatic rings. The van der Waals surface area contributed by atoms with Gasteiger partial charge in [0.15, 0.2) is 0 Å². The van der Waals surface area contributed by atoms with Gasteiger partial charge in [0, 0.05) is 16.7 Å². The van der Waals surface area contributed by atoms with Crippen LogP contribution in [-0.4, -0.2) is 16.4 Å². The van der Waals surface area contributed by atoms with Crippen LogP contribution in [0.3, 0.4) is 0 Å². The summed E-state index contributed by atoms with van der Waals surface area (Å²) in [5.74, 6) is -0.319. The van der Waals surface area contributed by atoms with Crippen LogP contribution in [0.1, 0.15) is 0 Å². The maximum atomic E-state index is 10.9. The van der Waals surface area contributed by atoms with Crippen molar-refractivity contribution in [2.24, 2.45) is 11.8 Å². The van der Waals surface area contributed by atoms with Crippen LogP contribution < -0.4 is 0 Å². The molecular formula is C7H5BrO2. The van der Waals surface area contributed by atoms with E-state index in [1.165, 1.54) is 6.08 Å². The van der Waals surface area contributed by atoms with Crippen molar-refractivity contribution in [1.82, 2.24) is 0 Å². The molecule has 0 radical (unpaired) electrons. The predicted octanol–water partition coefficient (Wildman–Crippen LogP) is 0.704. The van der Waals surface area contributed by atoms with Gasteiger partial charge in [0.1, 0.15) is 0 Å². The fourth-order valence-electron chi connectivity index (χ4n) is 1.29. The Morgan fingerprint density at radius 2 is 2.10 bits per heavy atom. The Bertz CT molecular complexity index is 244. The lowest BCUT2D eigenvalue weighted by molar-refractivity contribution is -0.135. The number of hydrogen-bond acceptors (Lipinski definition) is 2. The molecule has 52 valence electrons. The van der Waals surface area contributed by atoms with Crippen LogP contribution >= 0.6 is 15.9 Å². The van der Waals surface area contributed by atoms with Crippen molar-refractivity contribution in [2.45, 2.75) is 4.83 Å². The number of fused-ring (bicyclic) bond motifs is 1. The van der Waals surface area contributed by atoms with Gasteiger partial charge in [-0.05, 0) is 6.08 Å². The second-order valence-electron chi connectivity index (χ2n) is 2.64. The number of allylic oxidation sites excluding steroid dienone is 2. The van der Waals surface area contributed by atoms with E-state index >= 15 is 0 Å². The van der Waals surface area contributed by atoms with Gasteiger partial charge in [-0.2, -0.15) is 0 Å². The zero-order chi connectivity index (χ0) is 7.30. The van der Waals surface area contributed by atoms with Gasteiger partial charge in [0.2, 0.25) is 11.6 Å². The number of Topliss-reactive ketones (excluding diaryl/α,β-unsaturated/α-hetero) is 1. The Labute approximate surface area is 66.4 Å². The first kappa shape index (κ1) is 6.28. The zero-order valence-electron chi connectivity index (χ0n) is 5.08. The van der Waals surface area contributed by atoms with Crippen LogP contribution in [0.25, 0.3) is 0 Å². The van der Waals surface area contributed by atoms with E-state index in [0.717, 1.165) is 0 Å². The Morgan fingerprint density at radius 1 is 1.40 bits per heavy atom. The molecular weight excluding hydrogens is 196 g/mol. The molecule has 0 saturated heterocycles. The molecule has 0 bridgehead atoms. The highest BCUT2D eigenvalue weighted by Gasteiger charge is 2.54. The van der Waals surface area contributed by atoms with Crippen molar-refractivity contribution >= 4 is 27.5 Å². The molecule has 3 unspecified atom stereocenters. The molecule has 0 aromatic heterocycles. The van der Waals surface area contributed by atoms with Gasteiger partial charge in [0.05, 0.1) is 0 Å². The standard InChI is InChI=1S/C7H5BrO2/c8-6-3-1-2-4(9)7(10)5(3)6/h1-3,5-6H. The normalized spacial score (nSPS) is 43.5. The average Bonchev–Trinajstić information content (AvgIpc) is 2.54. The fourth-order valence-corrected chi connectivity index (χ4v) is 2.21. The number of alkyl halides is 1. The summed E-state index contributed by atoms with van der Waals surface area (Å²) < 4.78 is 0. The summed E-state index contributed by atoms with van der Waals surface area (Å²) in [5.41, 5.74) is 0. The summed E-state index contributed by atoms with van der Waals surface area (Å²) in [7, 11) is 0. The molecule has 2 rings (SSSR count). The van der Waals surface area contributed by atoms with Gasteiger partial charge >= 0.3 is 0 Å². The van der Waals surface area contributed by atoms with Gasteiger partial charge < -0.3 is 0 Å². The number of halogens is 1. The highest BCUT2D eigenvalue weighted by Crippen LogP contribution is 2.48. The molecule has 0 aliphatic heterocycles. The lowest BCUT2D eigenvalue weighted by Crippen LogP contribution is -2.17. The van der Waals surface area contributed by atoms with Gasteiger partial charge in [0.25, 0.3) is 0 Å². The van der Waals surface area contributed by atoms with Crippen molar-refractivity contribution in [2.75, 3.05) is 0 Å². The van der Waals surface area contributed by atoms with E-state index in [4.69, 9.17) is 0 Å². The summed E-state index contributed by atoms with van der Waals surface area (Å²) in [6, 6.07) is 0. The third-order valence-corrected chi connectivity index (χ3v) is 3.18. The second-order valence-corrected chi connectivity index (χ2v) is 3.69. The minimum Gasteiger partial charge on any atom is -0.290 e. The van der Waals surface area contributed by atoms with Crippen molar-refractivity contribution in [1.29, 1.82) is 0 Å². The van der Waals surface area contributed by atoms with Crippen molar-refractivity contribution < 1.29 is 9.59 Å². The van der Waals surface area contributed by atoms with Crippen molar-refractivity contribution in [3.05, 3.63) is 12.2 Å². The highest BCUT2D eigenvalue weighted by atomic mass is 79.9. The smallest absolute Gasteiger partial charge is 0.221 e. The third-order valence-electron chi connectivity index (χ3n) is 2.00. The van der Waals surface area contributed by atoms with Crippen molar-refractivity contribution in [3.63, 3.8) is 0 Å². The molecule has 2 aliphatic carbocycles. The minimum absolute atomic E-state index is 0.0440. The first-order valence-corrected chi connectivity index (χ1v) is 4.04. The number of carbonyl (C=O) groups is 2. The molecule has 0 spiro atoms. The van der Waals surface area contributed by atoms with E-state index in [1.54, 1.807) is 0 Å². The molecule has 0 N–H and O–H groups in total. The fraction of sp³-hybridized carbons (Fsp3) is 0.429. The quantitative estimate of drug-likeness (QED) is 0.427. The Kier molecular flexibility index (Phi) is 1.12. The van der Waals surface area contributed by atoms with Gasteiger partial charge in [-0.1, -0.05) is 22.0 Å². The van der Waals surface area contributed by atoms with Gasteiger partial charge in [-0.25, -0.2) is 0 Å². The molecule has 0 heterocycles. The van der Waals surface area contributed by atoms with Crippen LogP contribution in [0.2, 0.25) is 0 Å². The summed E-state index contributed by atoms with van der Waals surface area (Å²) >= 11 is 3.32. The Hall–Kier alpha value is -0.440.